The Morgan fingerprint density at radius 3 is 2.80 bits per heavy atom. The number of hydrogen-bond acceptors (Lipinski definition) is 2. The minimum absolute atomic E-state index is 0.378. The third-order valence-electron chi connectivity index (χ3n) is 3.79. The molecule has 0 saturated heterocycles. The molecule has 4 nitrogen and oxygen atoms in total. The maximum atomic E-state index is 11.1. The molecule has 1 fully saturated rings. The number of para-hydroxylation sites is 1. The van der Waals surface area contributed by atoms with Crippen LogP contribution in [0.15, 0.2) is 30.5 Å². The van der Waals surface area contributed by atoms with Crippen LogP contribution >= 0.6 is 0 Å². The second-order valence-corrected chi connectivity index (χ2v) is 5.22. The summed E-state index contributed by atoms with van der Waals surface area (Å²) in [5.41, 5.74) is 2.93. The van der Waals surface area contributed by atoms with Gasteiger partial charge in [-0.2, -0.15) is 0 Å². The molecule has 0 bridgehead atoms. The summed E-state index contributed by atoms with van der Waals surface area (Å²) in [6.07, 6.45) is 5.49. The molecule has 0 amide bonds. The summed E-state index contributed by atoms with van der Waals surface area (Å²) in [7, 11) is 3.61. The number of hydrogen-bond donors (Lipinski definition) is 1. The van der Waals surface area contributed by atoms with E-state index in [1.165, 1.54) is 6.08 Å². The van der Waals surface area contributed by atoms with E-state index in [1.54, 1.807) is 7.11 Å². The van der Waals surface area contributed by atoms with Crippen LogP contribution in [0.3, 0.4) is 0 Å². The molecule has 4 heteroatoms. The van der Waals surface area contributed by atoms with Crippen LogP contribution in [-0.4, -0.2) is 22.8 Å². The highest BCUT2D eigenvalue weighted by atomic mass is 16.5. The number of aryl methyl sites for hydroxylation is 1. The average molecular weight is 271 g/mol. The van der Waals surface area contributed by atoms with Gasteiger partial charge in [0.1, 0.15) is 5.75 Å². The van der Waals surface area contributed by atoms with Crippen molar-refractivity contribution in [1.82, 2.24) is 4.57 Å². The topological polar surface area (TPSA) is 51.5 Å². The first-order chi connectivity index (χ1) is 9.61. The number of carbonyl (C=O) groups is 1. The maximum absolute atomic E-state index is 11.1. The van der Waals surface area contributed by atoms with Crippen LogP contribution in [0.4, 0.5) is 0 Å². The molecular formula is C16H17NO3. The first-order valence-electron chi connectivity index (χ1n) is 6.68. The van der Waals surface area contributed by atoms with Crippen LogP contribution in [0.25, 0.3) is 16.5 Å². The summed E-state index contributed by atoms with van der Waals surface area (Å²) in [6.45, 7) is 0. The molecule has 1 heterocycles. The highest BCUT2D eigenvalue weighted by Gasteiger charge is 2.29. The Balaban J connectivity index is 2.23. The molecule has 3 rings (SSSR count). The lowest BCUT2D eigenvalue weighted by Gasteiger charge is -2.05. The quantitative estimate of drug-likeness (QED) is 0.869. The lowest BCUT2D eigenvalue weighted by Crippen LogP contribution is -1.94. The van der Waals surface area contributed by atoms with Gasteiger partial charge in [0, 0.05) is 30.3 Å². The molecule has 20 heavy (non-hydrogen) atoms. The molecule has 1 saturated carbocycles. The van der Waals surface area contributed by atoms with Crippen LogP contribution in [0.2, 0.25) is 0 Å². The first-order valence-corrected chi connectivity index (χ1v) is 6.68. The Kier molecular flexibility index (Phi) is 3.01. The molecule has 1 aliphatic rings. The van der Waals surface area contributed by atoms with Crippen molar-refractivity contribution in [3.05, 3.63) is 36.0 Å². The van der Waals surface area contributed by atoms with E-state index >= 15 is 0 Å². The predicted molar refractivity (Wildman–Crippen MR) is 77.8 cm³/mol. The largest absolute Gasteiger partial charge is 0.495 e. The van der Waals surface area contributed by atoms with Gasteiger partial charge in [0.15, 0.2) is 0 Å². The van der Waals surface area contributed by atoms with E-state index in [4.69, 9.17) is 9.84 Å². The Labute approximate surface area is 117 Å². The van der Waals surface area contributed by atoms with E-state index < -0.39 is 5.97 Å². The van der Waals surface area contributed by atoms with Gasteiger partial charge in [-0.05, 0) is 30.4 Å². The molecule has 0 aliphatic heterocycles. The van der Waals surface area contributed by atoms with Crippen molar-refractivity contribution < 1.29 is 14.6 Å². The molecule has 104 valence electrons. The van der Waals surface area contributed by atoms with Crippen LogP contribution in [0.5, 0.6) is 5.75 Å². The van der Waals surface area contributed by atoms with Crippen molar-refractivity contribution >= 4 is 22.4 Å². The Hall–Kier alpha value is -2.23. The van der Waals surface area contributed by atoms with E-state index in [2.05, 4.69) is 0 Å². The molecule has 2 aromatic rings. The number of fused-ring (bicyclic) bond motifs is 1. The molecule has 0 radical (unpaired) electrons. The number of methoxy groups -OCH3 is 1. The van der Waals surface area contributed by atoms with Crippen molar-refractivity contribution in [2.24, 2.45) is 13.0 Å². The SMILES string of the molecule is COc1cccc2c(/C(=C/C(=O)O)C3CC3)cn(C)c12. The summed E-state index contributed by atoms with van der Waals surface area (Å²) in [4.78, 5) is 11.1. The lowest BCUT2D eigenvalue weighted by atomic mass is 10.00. The molecule has 0 unspecified atom stereocenters. The second kappa shape index (κ2) is 4.71. The van der Waals surface area contributed by atoms with Gasteiger partial charge in [0.2, 0.25) is 0 Å². The number of rotatable bonds is 4. The van der Waals surface area contributed by atoms with Crippen molar-refractivity contribution in [3.8, 4) is 5.75 Å². The molecule has 1 aromatic heterocycles. The third kappa shape index (κ3) is 2.07. The van der Waals surface area contributed by atoms with Crippen molar-refractivity contribution in [3.63, 3.8) is 0 Å². The van der Waals surface area contributed by atoms with Gasteiger partial charge in [0.25, 0.3) is 0 Å². The van der Waals surface area contributed by atoms with Crippen LogP contribution in [0, 0.1) is 5.92 Å². The van der Waals surface area contributed by atoms with Gasteiger partial charge in [0.05, 0.1) is 12.6 Å². The van der Waals surface area contributed by atoms with Crippen molar-refractivity contribution in [1.29, 1.82) is 0 Å². The van der Waals surface area contributed by atoms with E-state index in [0.29, 0.717) is 5.92 Å². The number of ether oxygens (including phenoxy) is 1. The normalized spacial score (nSPS) is 15.6. The Morgan fingerprint density at radius 1 is 1.45 bits per heavy atom. The fourth-order valence-electron chi connectivity index (χ4n) is 2.77. The smallest absolute Gasteiger partial charge is 0.328 e. The average Bonchev–Trinajstić information content (AvgIpc) is 3.20. The van der Waals surface area contributed by atoms with E-state index in [-0.39, 0.29) is 0 Å². The number of aromatic nitrogens is 1. The Morgan fingerprint density at radius 2 is 2.20 bits per heavy atom. The fourth-order valence-corrected chi connectivity index (χ4v) is 2.77. The summed E-state index contributed by atoms with van der Waals surface area (Å²) in [5, 5.41) is 10.1. The summed E-state index contributed by atoms with van der Waals surface area (Å²) in [6, 6.07) is 5.88. The minimum Gasteiger partial charge on any atom is -0.495 e. The third-order valence-corrected chi connectivity index (χ3v) is 3.79. The maximum Gasteiger partial charge on any atom is 0.328 e. The van der Waals surface area contributed by atoms with Gasteiger partial charge in [-0.25, -0.2) is 4.79 Å². The highest BCUT2D eigenvalue weighted by molar-refractivity contribution is 6.01. The molecule has 1 N–H and O–H groups in total. The fraction of sp³-hybridized carbons (Fsp3) is 0.312. The first kappa shape index (κ1) is 12.8. The monoisotopic (exact) mass is 271 g/mol. The zero-order valence-electron chi connectivity index (χ0n) is 11.6. The van der Waals surface area contributed by atoms with Crippen LogP contribution < -0.4 is 4.74 Å². The number of allylic oxidation sites excluding steroid dienone is 1. The number of carboxylic acids is 1. The van der Waals surface area contributed by atoms with Gasteiger partial charge < -0.3 is 14.4 Å². The van der Waals surface area contributed by atoms with Gasteiger partial charge >= 0.3 is 5.97 Å². The minimum atomic E-state index is -0.883. The number of benzene rings is 1. The zero-order chi connectivity index (χ0) is 14.3. The zero-order valence-corrected chi connectivity index (χ0v) is 11.6. The van der Waals surface area contributed by atoms with E-state index in [0.717, 1.165) is 40.6 Å². The van der Waals surface area contributed by atoms with E-state index in [1.807, 2.05) is 36.0 Å². The summed E-state index contributed by atoms with van der Waals surface area (Å²) >= 11 is 0. The molecule has 1 aliphatic carbocycles. The second-order valence-electron chi connectivity index (χ2n) is 5.22. The van der Waals surface area contributed by atoms with Crippen LogP contribution in [0.1, 0.15) is 18.4 Å². The highest BCUT2D eigenvalue weighted by Crippen LogP contribution is 2.45. The van der Waals surface area contributed by atoms with Gasteiger partial charge in [-0.3, -0.25) is 0 Å². The van der Waals surface area contributed by atoms with Gasteiger partial charge in [-0.15, -0.1) is 0 Å². The molecule has 0 atom stereocenters. The Bertz CT molecular complexity index is 708. The van der Waals surface area contributed by atoms with Gasteiger partial charge in [-0.1, -0.05) is 12.1 Å². The predicted octanol–water partition coefficient (Wildman–Crippen LogP) is 3.06. The molecular weight excluding hydrogens is 254 g/mol. The van der Waals surface area contributed by atoms with Crippen molar-refractivity contribution in [2.45, 2.75) is 12.8 Å². The summed E-state index contributed by atoms with van der Waals surface area (Å²) in [5.74, 6) is 0.302. The molecule has 1 aromatic carbocycles. The standard InChI is InChI=1S/C16H17NO3/c1-17-9-13(12(8-15(18)19)10-6-7-10)11-4-3-5-14(20-2)16(11)17/h3-5,8-10H,6-7H2,1-2H3,(H,18,19)/b12-8+. The number of carboxylic acid groups (broad SMARTS) is 1. The van der Waals surface area contributed by atoms with Crippen molar-refractivity contribution in [2.75, 3.05) is 7.11 Å². The number of nitrogens with zero attached hydrogens (tertiary/aromatic N) is 1. The van der Waals surface area contributed by atoms with Crippen LogP contribution in [-0.2, 0) is 11.8 Å². The number of aliphatic carboxylic acids is 1. The summed E-state index contributed by atoms with van der Waals surface area (Å²) < 4.78 is 7.40. The lowest BCUT2D eigenvalue weighted by molar-refractivity contribution is -0.131. The van der Waals surface area contributed by atoms with E-state index in [9.17, 15) is 4.79 Å². The molecule has 0 spiro atoms.